The van der Waals surface area contributed by atoms with Crippen molar-refractivity contribution in [1.29, 1.82) is 0 Å². The van der Waals surface area contributed by atoms with Crippen molar-refractivity contribution in [2.75, 3.05) is 0 Å². The predicted octanol–water partition coefficient (Wildman–Crippen LogP) is 0.203. The summed E-state index contributed by atoms with van der Waals surface area (Å²) in [6, 6.07) is 0. The van der Waals surface area contributed by atoms with Crippen LogP contribution in [0.2, 0.25) is 0 Å². The van der Waals surface area contributed by atoms with E-state index in [2.05, 4.69) is 18.4 Å². The zero-order valence-corrected chi connectivity index (χ0v) is 7.78. The quantitative estimate of drug-likeness (QED) is 0.438. The van der Waals surface area contributed by atoms with Crippen LogP contribution in [-0.2, 0) is 9.53 Å². The van der Waals surface area contributed by atoms with Gasteiger partial charge >= 0.3 is 0 Å². The SMILES string of the molecule is C=C(C)C#C[C@]12O[C@H]1[C@@H](O)C=CC2=O. The van der Waals surface area contributed by atoms with Gasteiger partial charge in [0, 0.05) is 0 Å². The van der Waals surface area contributed by atoms with Crippen molar-refractivity contribution in [3.8, 4) is 11.8 Å². The maximum Gasteiger partial charge on any atom is 0.221 e. The molecule has 3 atom stereocenters. The Labute approximate surface area is 82.1 Å². The first-order valence-corrected chi connectivity index (χ1v) is 4.33. The largest absolute Gasteiger partial charge is 0.386 e. The fourth-order valence-electron chi connectivity index (χ4n) is 1.45. The summed E-state index contributed by atoms with van der Waals surface area (Å²) in [7, 11) is 0. The van der Waals surface area contributed by atoms with Crippen molar-refractivity contribution in [2.45, 2.75) is 24.7 Å². The van der Waals surface area contributed by atoms with E-state index in [1.54, 1.807) is 6.92 Å². The molecule has 1 N–H and O–H groups in total. The molecule has 0 aromatic rings. The minimum absolute atomic E-state index is 0.193. The van der Waals surface area contributed by atoms with Crippen LogP contribution in [0.1, 0.15) is 6.92 Å². The van der Waals surface area contributed by atoms with E-state index in [-0.39, 0.29) is 5.78 Å². The molecule has 72 valence electrons. The summed E-state index contributed by atoms with van der Waals surface area (Å²) in [4.78, 5) is 11.5. The van der Waals surface area contributed by atoms with E-state index in [9.17, 15) is 9.90 Å². The molecule has 1 fully saturated rings. The second-order valence-electron chi connectivity index (χ2n) is 3.52. The maximum atomic E-state index is 11.5. The molecular formula is C11H10O3. The molecule has 0 amide bonds. The van der Waals surface area contributed by atoms with Crippen molar-refractivity contribution in [3.05, 3.63) is 24.3 Å². The molecule has 0 unspecified atom stereocenters. The molecule has 2 rings (SSSR count). The highest BCUT2D eigenvalue weighted by atomic mass is 16.6. The van der Waals surface area contributed by atoms with Gasteiger partial charge in [-0.3, -0.25) is 4.79 Å². The lowest BCUT2D eigenvalue weighted by Gasteiger charge is -2.08. The minimum atomic E-state index is -1.09. The average molecular weight is 190 g/mol. The van der Waals surface area contributed by atoms with E-state index in [0.717, 1.165) is 0 Å². The summed E-state index contributed by atoms with van der Waals surface area (Å²) in [5.41, 5.74) is -0.418. The Kier molecular flexibility index (Phi) is 1.84. The smallest absolute Gasteiger partial charge is 0.221 e. The van der Waals surface area contributed by atoms with Crippen LogP contribution in [0.4, 0.5) is 0 Å². The third-order valence-corrected chi connectivity index (χ3v) is 2.24. The Hall–Kier alpha value is -1.37. The summed E-state index contributed by atoms with van der Waals surface area (Å²) in [5, 5.41) is 9.41. The van der Waals surface area contributed by atoms with Gasteiger partial charge in [-0.1, -0.05) is 18.4 Å². The Morgan fingerprint density at radius 2 is 2.50 bits per heavy atom. The molecule has 0 aromatic heterocycles. The lowest BCUT2D eigenvalue weighted by atomic mass is 9.91. The molecule has 3 heteroatoms. The molecule has 14 heavy (non-hydrogen) atoms. The Morgan fingerprint density at radius 1 is 1.79 bits per heavy atom. The first-order valence-electron chi connectivity index (χ1n) is 4.33. The van der Waals surface area contributed by atoms with Crippen LogP contribution < -0.4 is 0 Å². The third kappa shape index (κ3) is 1.20. The predicted molar refractivity (Wildman–Crippen MR) is 50.3 cm³/mol. The Balaban J connectivity index is 2.29. The van der Waals surface area contributed by atoms with Crippen molar-refractivity contribution < 1.29 is 14.6 Å². The van der Waals surface area contributed by atoms with Gasteiger partial charge in [0.2, 0.25) is 11.4 Å². The number of epoxide rings is 1. The monoisotopic (exact) mass is 190 g/mol. The fourth-order valence-corrected chi connectivity index (χ4v) is 1.45. The van der Waals surface area contributed by atoms with Gasteiger partial charge in [-0.15, -0.1) is 0 Å². The number of fused-ring (bicyclic) bond motifs is 1. The summed E-state index contributed by atoms with van der Waals surface area (Å²) in [6.45, 7) is 5.36. The van der Waals surface area contributed by atoms with Gasteiger partial charge in [0.1, 0.15) is 12.2 Å². The van der Waals surface area contributed by atoms with Gasteiger partial charge < -0.3 is 9.84 Å². The highest BCUT2D eigenvalue weighted by Crippen LogP contribution is 2.42. The number of hydrogen-bond donors (Lipinski definition) is 1. The number of aliphatic hydroxyl groups excluding tert-OH is 1. The van der Waals surface area contributed by atoms with Gasteiger partial charge in [0.15, 0.2) is 0 Å². The molecule has 0 aromatic carbocycles. The maximum absolute atomic E-state index is 11.5. The number of rotatable bonds is 0. The van der Waals surface area contributed by atoms with Crippen molar-refractivity contribution in [2.24, 2.45) is 0 Å². The van der Waals surface area contributed by atoms with Crippen LogP contribution in [-0.4, -0.2) is 28.7 Å². The van der Waals surface area contributed by atoms with Gasteiger partial charge in [-0.2, -0.15) is 0 Å². The number of ether oxygens (including phenoxy) is 1. The lowest BCUT2D eigenvalue weighted by molar-refractivity contribution is -0.117. The van der Waals surface area contributed by atoms with E-state index in [1.165, 1.54) is 12.2 Å². The van der Waals surface area contributed by atoms with Gasteiger partial charge in [0.05, 0.1) is 0 Å². The van der Waals surface area contributed by atoms with Crippen LogP contribution in [0.5, 0.6) is 0 Å². The average Bonchev–Trinajstić information content (AvgIpc) is 2.86. The van der Waals surface area contributed by atoms with Crippen molar-refractivity contribution in [3.63, 3.8) is 0 Å². The number of ketones is 1. The third-order valence-electron chi connectivity index (χ3n) is 2.24. The fraction of sp³-hybridized carbons (Fsp3) is 0.364. The Bertz CT molecular complexity index is 396. The molecule has 0 bridgehead atoms. The van der Waals surface area contributed by atoms with E-state index in [0.29, 0.717) is 5.57 Å². The second kappa shape index (κ2) is 2.81. The number of aliphatic hydroxyl groups is 1. The standard InChI is InChI=1S/C11H10O3/c1-7(2)5-6-11-9(13)4-3-8(12)10(11)14-11/h3-4,8,10,12H,1H2,2H3/t8-,10-,11+/m0/s1. The zero-order chi connectivity index (χ0) is 10.3. The molecular weight excluding hydrogens is 180 g/mol. The normalized spacial score (nSPS) is 38.3. The highest BCUT2D eigenvalue weighted by molar-refractivity contribution is 6.04. The van der Waals surface area contributed by atoms with E-state index < -0.39 is 17.8 Å². The van der Waals surface area contributed by atoms with Crippen molar-refractivity contribution in [1.82, 2.24) is 0 Å². The first-order chi connectivity index (χ1) is 6.56. The molecule has 0 saturated carbocycles. The summed E-state index contributed by atoms with van der Waals surface area (Å²) >= 11 is 0. The summed E-state index contributed by atoms with van der Waals surface area (Å²) < 4.78 is 5.16. The minimum Gasteiger partial charge on any atom is -0.386 e. The van der Waals surface area contributed by atoms with Crippen molar-refractivity contribution >= 4 is 5.78 Å². The van der Waals surface area contributed by atoms with Crippen LogP contribution in [0, 0.1) is 11.8 Å². The number of carbonyl (C=O) groups is 1. The van der Waals surface area contributed by atoms with Crippen LogP contribution in [0.15, 0.2) is 24.3 Å². The number of allylic oxidation sites excluding steroid dienone is 1. The van der Waals surface area contributed by atoms with E-state index >= 15 is 0 Å². The molecule has 1 saturated heterocycles. The molecule has 1 heterocycles. The van der Waals surface area contributed by atoms with E-state index in [4.69, 9.17) is 4.74 Å². The number of hydrogen-bond acceptors (Lipinski definition) is 3. The topological polar surface area (TPSA) is 49.8 Å². The summed E-state index contributed by atoms with van der Waals surface area (Å²) in [5.74, 6) is 5.24. The molecule has 1 aliphatic heterocycles. The molecule has 3 nitrogen and oxygen atoms in total. The number of carbonyl (C=O) groups excluding carboxylic acids is 1. The van der Waals surface area contributed by atoms with Gasteiger partial charge in [0.25, 0.3) is 0 Å². The molecule has 0 radical (unpaired) electrons. The second-order valence-corrected chi connectivity index (χ2v) is 3.52. The van der Waals surface area contributed by atoms with Gasteiger partial charge in [-0.25, -0.2) is 0 Å². The summed E-state index contributed by atoms with van der Waals surface area (Å²) in [6.07, 6.45) is 1.53. The molecule has 0 spiro atoms. The zero-order valence-electron chi connectivity index (χ0n) is 7.78. The molecule has 1 aliphatic carbocycles. The van der Waals surface area contributed by atoms with Crippen LogP contribution in [0.3, 0.4) is 0 Å². The van der Waals surface area contributed by atoms with Crippen LogP contribution >= 0.6 is 0 Å². The van der Waals surface area contributed by atoms with E-state index in [1.807, 2.05) is 0 Å². The van der Waals surface area contributed by atoms with Crippen LogP contribution in [0.25, 0.3) is 0 Å². The first kappa shape index (κ1) is 9.20. The highest BCUT2D eigenvalue weighted by Gasteiger charge is 2.65. The van der Waals surface area contributed by atoms with Gasteiger partial charge in [-0.05, 0) is 24.6 Å². The Morgan fingerprint density at radius 3 is 3.14 bits per heavy atom. The lowest BCUT2D eigenvalue weighted by Crippen LogP contribution is -2.33. The molecule has 2 aliphatic rings.